The molecular weight excluding hydrogens is 852 g/mol. The Morgan fingerprint density at radius 1 is 0.736 bits per heavy atom. The normalized spacial score (nSPS) is 11.5. The number of ether oxygens (including phenoxy) is 4. The molecule has 53 heavy (non-hydrogen) atoms. The van der Waals surface area contributed by atoms with Crippen LogP contribution >= 0.6 is 43.5 Å². The predicted molar refractivity (Wildman–Crippen MR) is 200 cm³/mol. The molecule has 0 N–H and O–H groups in total. The van der Waals surface area contributed by atoms with Crippen molar-refractivity contribution in [2.24, 2.45) is 0 Å². The number of methoxy groups -OCH3 is 2. The van der Waals surface area contributed by atoms with Crippen LogP contribution in [-0.4, -0.2) is 69.1 Å². The highest BCUT2D eigenvalue weighted by atomic mass is 79.9. The van der Waals surface area contributed by atoms with E-state index in [2.05, 4.69) is 46.6 Å². The number of nitro groups is 2. The first-order chi connectivity index (χ1) is 24.5. The quantitative estimate of drug-likeness (QED) is 0.0566. The molecule has 2 heterocycles. The molecule has 4 aromatic rings. The van der Waals surface area contributed by atoms with Gasteiger partial charge in [-0.05, 0) is 77.9 Å². The Morgan fingerprint density at radius 3 is 1.66 bits per heavy atom. The van der Waals surface area contributed by atoms with Gasteiger partial charge in [0.2, 0.25) is 0 Å². The predicted octanol–water partition coefficient (Wildman–Crippen LogP) is 7.95. The van der Waals surface area contributed by atoms with E-state index in [-0.39, 0.29) is 28.1 Å². The van der Waals surface area contributed by atoms with Crippen molar-refractivity contribution in [1.29, 1.82) is 0 Å². The monoisotopic (exact) mass is 884 g/mol. The number of aromatic nitrogens is 2. The molecule has 0 aliphatic rings. The minimum atomic E-state index is -1.61. The Labute approximate surface area is 325 Å². The van der Waals surface area contributed by atoms with Crippen molar-refractivity contribution in [2.75, 3.05) is 14.2 Å². The molecule has 4 rings (SSSR count). The third-order valence-corrected chi connectivity index (χ3v) is 7.68. The van der Waals surface area contributed by atoms with Crippen LogP contribution in [-0.2, 0) is 38.1 Å². The average Bonchev–Trinajstić information content (AvgIpc) is 3.03. The smallest absolute Gasteiger partial charge is 0.325 e. The van der Waals surface area contributed by atoms with E-state index >= 15 is 0 Å². The van der Waals surface area contributed by atoms with Crippen molar-refractivity contribution < 1.29 is 48.0 Å². The SMILES string of the molecule is COC(=O)C(C(=O)OC(C)(C)C)c1c([N+](=O)[O-])cnc2ccc(Br)cc12.COC(=O)CC(=O)OC(C)(C)C.O=[N+]([O-])c1cnc2ccc(Br)cc2c1Cl. The van der Waals surface area contributed by atoms with E-state index in [1.165, 1.54) is 13.3 Å². The van der Waals surface area contributed by atoms with Gasteiger partial charge in [0.25, 0.3) is 5.69 Å². The van der Waals surface area contributed by atoms with Gasteiger partial charge in [0.15, 0.2) is 5.92 Å². The molecule has 0 amide bonds. The van der Waals surface area contributed by atoms with Crippen LogP contribution in [0.15, 0.2) is 57.7 Å². The highest BCUT2D eigenvalue weighted by molar-refractivity contribution is 9.10. The molecular formula is C34H35Br2ClN4O12. The van der Waals surface area contributed by atoms with Crippen LogP contribution in [0.3, 0.4) is 0 Å². The summed E-state index contributed by atoms with van der Waals surface area (Å²) < 4.78 is 20.6. The van der Waals surface area contributed by atoms with Crippen molar-refractivity contribution in [2.45, 2.75) is 65.1 Å². The lowest BCUT2D eigenvalue weighted by Gasteiger charge is -2.23. The zero-order chi connectivity index (χ0) is 40.4. The maximum atomic E-state index is 12.7. The summed E-state index contributed by atoms with van der Waals surface area (Å²) in [5, 5.41) is 23.1. The van der Waals surface area contributed by atoms with Gasteiger partial charge < -0.3 is 18.9 Å². The van der Waals surface area contributed by atoms with Crippen LogP contribution in [0, 0.1) is 20.2 Å². The van der Waals surface area contributed by atoms with Crippen molar-refractivity contribution in [3.05, 3.63) is 88.6 Å². The number of rotatable bonds is 7. The number of benzene rings is 2. The summed E-state index contributed by atoms with van der Waals surface area (Å²) in [6, 6.07) is 10.1. The Hall–Kier alpha value is -4.81. The Bertz CT molecular complexity index is 2050. The van der Waals surface area contributed by atoms with E-state index < -0.39 is 56.5 Å². The largest absolute Gasteiger partial charge is 0.469 e. The minimum Gasteiger partial charge on any atom is -0.469 e. The Kier molecular flexibility index (Phi) is 15.7. The fourth-order valence-electron chi connectivity index (χ4n) is 4.25. The Morgan fingerprint density at radius 2 is 1.21 bits per heavy atom. The van der Waals surface area contributed by atoms with E-state index in [1.54, 1.807) is 77.9 Å². The molecule has 284 valence electrons. The van der Waals surface area contributed by atoms with Crippen LogP contribution in [0.25, 0.3) is 21.8 Å². The molecule has 0 fully saturated rings. The summed E-state index contributed by atoms with van der Waals surface area (Å²) >= 11 is 12.5. The van der Waals surface area contributed by atoms with Crippen molar-refractivity contribution in [3.63, 3.8) is 0 Å². The first-order valence-electron chi connectivity index (χ1n) is 15.2. The van der Waals surface area contributed by atoms with Gasteiger partial charge in [-0.3, -0.25) is 39.4 Å². The number of halogens is 3. The molecule has 0 saturated heterocycles. The van der Waals surface area contributed by atoms with Crippen LogP contribution in [0.4, 0.5) is 11.4 Å². The standard InChI is InChI=1S/C17H17BrN2O6.C9H4BrClN2O2.C8H14O4/c1-17(2,3)26-16(22)14(15(21)25-4)13-10-7-9(18)5-6-11(10)19-8-12(13)20(23)24;10-5-1-2-7-6(3-5)9(11)8(4-12-7)13(14)15;1-8(2,3)12-7(10)5-6(9)11-4/h5-8,14H,1-4H3;1-4H;5H2,1-4H3. The number of carbonyl (C=O) groups excluding carboxylic acids is 4. The fraction of sp³-hybridized carbons (Fsp3) is 0.353. The first-order valence-corrected chi connectivity index (χ1v) is 17.2. The van der Waals surface area contributed by atoms with Crippen LogP contribution in [0.2, 0.25) is 5.02 Å². The lowest BCUT2D eigenvalue weighted by Crippen LogP contribution is -2.32. The van der Waals surface area contributed by atoms with E-state index in [0.717, 1.165) is 17.8 Å². The third-order valence-electron chi connectivity index (χ3n) is 6.29. The highest BCUT2D eigenvalue weighted by Crippen LogP contribution is 2.36. The van der Waals surface area contributed by atoms with Gasteiger partial charge in [0.1, 0.15) is 35.0 Å². The topological polar surface area (TPSA) is 217 Å². The van der Waals surface area contributed by atoms with Gasteiger partial charge >= 0.3 is 29.6 Å². The molecule has 0 aliphatic carbocycles. The molecule has 0 bridgehead atoms. The number of carbonyl (C=O) groups is 4. The zero-order valence-electron chi connectivity index (χ0n) is 29.7. The summed E-state index contributed by atoms with van der Waals surface area (Å²) in [5.41, 5.74) is -1.16. The van der Waals surface area contributed by atoms with Gasteiger partial charge in [-0.1, -0.05) is 43.5 Å². The fourth-order valence-corrected chi connectivity index (χ4v) is 5.24. The van der Waals surface area contributed by atoms with Gasteiger partial charge in [0, 0.05) is 19.7 Å². The summed E-state index contributed by atoms with van der Waals surface area (Å²) in [6.07, 6.45) is 1.86. The van der Waals surface area contributed by atoms with Crippen LogP contribution in [0.5, 0.6) is 0 Å². The van der Waals surface area contributed by atoms with Gasteiger partial charge in [-0.2, -0.15) is 0 Å². The number of hydrogen-bond acceptors (Lipinski definition) is 14. The summed E-state index contributed by atoms with van der Waals surface area (Å²) in [7, 11) is 2.33. The number of hydrogen-bond donors (Lipinski definition) is 0. The number of esters is 4. The number of pyridine rings is 2. The van der Waals surface area contributed by atoms with Crippen molar-refractivity contribution in [3.8, 4) is 0 Å². The highest BCUT2D eigenvalue weighted by Gasteiger charge is 2.40. The molecule has 2 aromatic heterocycles. The average molecular weight is 887 g/mol. The molecule has 0 aliphatic heterocycles. The van der Waals surface area contributed by atoms with Gasteiger partial charge in [-0.15, -0.1) is 0 Å². The second kappa shape index (κ2) is 18.8. The molecule has 0 saturated carbocycles. The molecule has 0 spiro atoms. The maximum absolute atomic E-state index is 12.7. The van der Waals surface area contributed by atoms with Gasteiger partial charge in [-0.25, -0.2) is 9.97 Å². The lowest BCUT2D eigenvalue weighted by atomic mass is 9.93. The van der Waals surface area contributed by atoms with Crippen LogP contribution in [0.1, 0.15) is 59.4 Å². The van der Waals surface area contributed by atoms with E-state index in [1.807, 2.05) is 0 Å². The number of fused-ring (bicyclic) bond motifs is 2. The van der Waals surface area contributed by atoms with Gasteiger partial charge in [0.05, 0.1) is 40.7 Å². The second-order valence-corrected chi connectivity index (χ2v) is 14.9. The summed E-state index contributed by atoms with van der Waals surface area (Å²) in [6.45, 7) is 10.1. The molecule has 0 radical (unpaired) electrons. The number of nitrogens with zero attached hydrogens (tertiary/aromatic N) is 4. The van der Waals surface area contributed by atoms with Crippen molar-refractivity contribution >= 4 is 101 Å². The third kappa shape index (κ3) is 13.3. The minimum absolute atomic E-state index is 0.109. The lowest BCUT2D eigenvalue weighted by molar-refractivity contribution is -0.385. The summed E-state index contributed by atoms with van der Waals surface area (Å²) in [4.78, 5) is 75.4. The molecule has 16 nitrogen and oxygen atoms in total. The van der Waals surface area contributed by atoms with E-state index in [9.17, 15) is 39.4 Å². The molecule has 2 aromatic carbocycles. The zero-order valence-corrected chi connectivity index (χ0v) is 33.7. The van der Waals surface area contributed by atoms with Crippen molar-refractivity contribution in [1.82, 2.24) is 9.97 Å². The maximum Gasteiger partial charge on any atom is 0.325 e. The molecule has 1 atom stereocenters. The molecule has 1 unspecified atom stereocenters. The second-order valence-electron chi connectivity index (χ2n) is 12.7. The van der Waals surface area contributed by atoms with Crippen LogP contribution < -0.4 is 0 Å². The molecule has 19 heteroatoms. The Balaban J connectivity index is 0.000000304. The van der Waals surface area contributed by atoms with E-state index in [4.69, 9.17) is 25.8 Å². The first kappa shape index (κ1) is 44.4. The summed E-state index contributed by atoms with van der Waals surface area (Å²) in [5.74, 6) is -4.63. The van der Waals surface area contributed by atoms with E-state index in [0.29, 0.717) is 20.9 Å².